The fraction of sp³-hybridized carbons (Fsp3) is 0.722. The van der Waals surface area contributed by atoms with Gasteiger partial charge in [-0.1, -0.05) is 19.8 Å². The van der Waals surface area contributed by atoms with Gasteiger partial charge in [0.25, 0.3) is 5.91 Å². The second-order valence-corrected chi connectivity index (χ2v) is 7.19. The molecule has 1 aromatic heterocycles. The average molecular weight is 333 g/mol. The highest BCUT2D eigenvalue weighted by atomic mass is 16.4. The third-order valence-electron chi connectivity index (χ3n) is 5.25. The first-order chi connectivity index (χ1) is 11.5. The number of likely N-dealkylation sites (tertiary alicyclic amines) is 1. The zero-order valence-electron chi connectivity index (χ0n) is 14.6. The molecule has 132 valence electrons. The molecular formula is C18H27N3O3. The molecule has 6 nitrogen and oxygen atoms in total. The number of carbonyl (C=O) groups is 2. The van der Waals surface area contributed by atoms with Crippen molar-refractivity contribution in [3.05, 3.63) is 17.3 Å². The maximum Gasteiger partial charge on any atom is 0.276 e. The van der Waals surface area contributed by atoms with Crippen LogP contribution in [0.4, 0.5) is 0 Å². The van der Waals surface area contributed by atoms with Crippen molar-refractivity contribution in [1.29, 1.82) is 0 Å². The molecule has 6 heteroatoms. The summed E-state index contributed by atoms with van der Waals surface area (Å²) in [6.07, 6.45) is 6.26. The summed E-state index contributed by atoms with van der Waals surface area (Å²) in [6, 6.07) is 0. The lowest BCUT2D eigenvalue weighted by molar-refractivity contribution is -0.125. The Kier molecular flexibility index (Phi) is 5.21. The van der Waals surface area contributed by atoms with Crippen LogP contribution in [0.25, 0.3) is 0 Å². The minimum Gasteiger partial charge on any atom is -0.443 e. The molecule has 1 N–H and O–H groups in total. The number of amides is 2. The van der Waals surface area contributed by atoms with Crippen LogP contribution in [0.15, 0.2) is 4.42 Å². The van der Waals surface area contributed by atoms with Crippen LogP contribution in [0.5, 0.6) is 0 Å². The van der Waals surface area contributed by atoms with E-state index >= 15 is 0 Å². The summed E-state index contributed by atoms with van der Waals surface area (Å²) in [5, 5.41) is 2.89. The second-order valence-electron chi connectivity index (χ2n) is 7.19. The Balaban J connectivity index is 1.58. The van der Waals surface area contributed by atoms with Crippen molar-refractivity contribution >= 4 is 11.8 Å². The first-order valence-electron chi connectivity index (χ1n) is 9.08. The average Bonchev–Trinajstić information content (AvgIpc) is 3.22. The summed E-state index contributed by atoms with van der Waals surface area (Å²) in [7, 11) is 0. The molecule has 2 amide bonds. The Morgan fingerprint density at radius 2 is 1.88 bits per heavy atom. The van der Waals surface area contributed by atoms with Gasteiger partial charge in [0.05, 0.1) is 6.54 Å². The maximum atomic E-state index is 12.6. The van der Waals surface area contributed by atoms with Gasteiger partial charge < -0.3 is 14.6 Å². The third kappa shape index (κ3) is 3.79. The molecule has 24 heavy (non-hydrogen) atoms. The predicted molar refractivity (Wildman–Crippen MR) is 89.3 cm³/mol. The first kappa shape index (κ1) is 17.0. The molecule has 1 aromatic rings. The van der Waals surface area contributed by atoms with E-state index in [4.69, 9.17) is 4.42 Å². The van der Waals surface area contributed by atoms with E-state index in [0.717, 1.165) is 51.6 Å². The van der Waals surface area contributed by atoms with E-state index in [9.17, 15) is 9.59 Å². The van der Waals surface area contributed by atoms with Crippen molar-refractivity contribution in [2.24, 2.45) is 11.8 Å². The molecule has 2 fully saturated rings. The van der Waals surface area contributed by atoms with E-state index in [1.807, 2.05) is 4.90 Å². The van der Waals surface area contributed by atoms with Crippen molar-refractivity contribution in [2.45, 2.75) is 58.9 Å². The minimum absolute atomic E-state index is 0.0588. The zero-order chi connectivity index (χ0) is 17.1. The van der Waals surface area contributed by atoms with Gasteiger partial charge in [0.15, 0.2) is 5.69 Å². The topological polar surface area (TPSA) is 75.4 Å². The Morgan fingerprint density at radius 3 is 2.54 bits per heavy atom. The highest BCUT2D eigenvalue weighted by Crippen LogP contribution is 2.25. The Labute approximate surface area is 143 Å². The minimum atomic E-state index is -0.0588. The van der Waals surface area contributed by atoms with Crippen LogP contribution in [0.2, 0.25) is 0 Å². The molecule has 2 aliphatic rings. The van der Waals surface area contributed by atoms with Gasteiger partial charge in [-0.2, -0.15) is 0 Å². The number of oxazole rings is 1. The van der Waals surface area contributed by atoms with Crippen LogP contribution in [0.1, 0.15) is 67.6 Å². The van der Waals surface area contributed by atoms with Crippen LogP contribution in [0, 0.1) is 18.8 Å². The fourth-order valence-electron chi connectivity index (χ4n) is 3.58. The standard InChI is InChI=1S/C18H27N3O3/c1-12-7-9-21(10-8-12)18(23)16-13(2)24-15(20-16)11-19-17(22)14-5-3-4-6-14/h12,14H,3-11H2,1-2H3,(H,19,22). The molecule has 2 heterocycles. The van der Waals surface area contributed by atoms with Gasteiger partial charge in [-0.15, -0.1) is 0 Å². The fourth-order valence-corrected chi connectivity index (χ4v) is 3.58. The SMILES string of the molecule is Cc1oc(CNC(=O)C2CCCC2)nc1C(=O)N1CCC(C)CC1. The summed E-state index contributed by atoms with van der Waals surface area (Å²) < 4.78 is 5.59. The molecule has 0 unspecified atom stereocenters. The summed E-state index contributed by atoms with van der Waals surface area (Å²) >= 11 is 0. The largest absolute Gasteiger partial charge is 0.443 e. The number of nitrogens with zero attached hydrogens (tertiary/aromatic N) is 2. The number of rotatable bonds is 4. The Bertz CT molecular complexity index is 597. The summed E-state index contributed by atoms with van der Waals surface area (Å²) in [5.74, 6) is 1.75. The van der Waals surface area contributed by atoms with E-state index in [1.54, 1.807) is 6.92 Å². The van der Waals surface area contributed by atoms with E-state index < -0.39 is 0 Å². The van der Waals surface area contributed by atoms with Gasteiger partial charge in [0.2, 0.25) is 11.8 Å². The summed E-state index contributed by atoms with van der Waals surface area (Å²) in [5.41, 5.74) is 0.384. The van der Waals surface area contributed by atoms with Crippen molar-refractivity contribution in [3.8, 4) is 0 Å². The third-order valence-corrected chi connectivity index (χ3v) is 5.25. The summed E-state index contributed by atoms with van der Waals surface area (Å²) in [4.78, 5) is 30.9. The lowest BCUT2D eigenvalue weighted by Crippen LogP contribution is -2.38. The van der Waals surface area contributed by atoms with E-state index in [-0.39, 0.29) is 24.3 Å². The number of hydrogen-bond acceptors (Lipinski definition) is 4. The van der Waals surface area contributed by atoms with E-state index in [0.29, 0.717) is 23.3 Å². The van der Waals surface area contributed by atoms with Gasteiger partial charge in [-0.3, -0.25) is 9.59 Å². The number of aryl methyl sites for hydroxylation is 1. The Hall–Kier alpha value is -1.85. The van der Waals surface area contributed by atoms with E-state index in [1.165, 1.54) is 0 Å². The normalized spacial score (nSPS) is 19.7. The zero-order valence-corrected chi connectivity index (χ0v) is 14.6. The van der Waals surface area contributed by atoms with Crippen molar-refractivity contribution in [1.82, 2.24) is 15.2 Å². The maximum absolute atomic E-state index is 12.6. The Morgan fingerprint density at radius 1 is 1.21 bits per heavy atom. The smallest absolute Gasteiger partial charge is 0.276 e. The molecule has 3 rings (SSSR count). The van der Waals surface area contributed by atoms with Crippen molar-refractivity contribution < 1.29 is 14.0 Å². The molecule has 1 saturated heterocycles. The first-order valence-corrected chi connectivity index (χ1v) is 9.08. The lowest BCUT2D eigenvalue weighted by Gasteiger charge is -2.29. The molecule has 1 saturated carbocycles. The molecule has 0 atom stereocenters. The van der Waals surface area contributed by atoms with Crippen LogP contribution < -0.4 is 5.32 Å². The number of carbonyl (C=O) groups excluding carboxylic acids is 2. The quantitative estimate of drug-likeness (QED) is 0.919. The van der Waals surface area contributed by atoms with Gasteiger partial charge in [0, 0.05) is 19.0 Å². The lowest BCUT2D eigenvalue weighted by atomic mass is 9.99. The molecule has 0 aromatic carbocycles. The van der Waals surface area contributed by atoms with Crippen molar-refractivity contribution in [2.75, 3.05) is 13.1 Å². The molecule has 1 aliphatic carbocycles. The highest BCUT2D eigenvalue weighted by molar-refractivity contribution is 5.93. The number of hydrogen-bond donors (Lipinski definition) is 1. The monoisotopic (exact) mass is 333 g/mol. The molecule has 0 radical (unpaired) electrons. The van der Waals surface area contributed by atoms with Crippen LogP contribution in [-0.4, -0.2) is 34.8 Å². The molecule has 1 aliphatic heterocycles. The van der Waals surface area contributed by atoms with Crippen LogP contribution >= 0.6 is 0 Å². The second kappa shape index (κ2) is 7.36. The summed E-state index contributed by atoms with van der Waals surface area (Å²) in [6.45, 7) is 5.78. The van der Waals surface area contributed by atoms with Gasteiger partial charge in [-0.05, 0) is 38.5 Å². The van der Waals surface area contributed by atoms with Gasteiger partial charge in [0.1, 0.15) is 5.76 Å². The van der Waals surface area contributed by atoms with Gasteiger partial charge >= 0.3 is 0 Å². The van der Waals surface area contributed by atoms with Gasteiger partial charge in [-0.25, -0.2) is 4.98 Å². The van der Waals surface area contributed by atoms with Crippen LogP contribution in [0.3, 0.4) is 0 Å². The molecular weight excluding hydrogens is 306 g/mol. The predicted octanol–water partition coefficient (Wildman–Crippen LogP) is 2.66. The van der Waals surface area contributed by atoms with Crippen LogP contribution in [-0.2, 0) is 11.3 Å². The number of aromatic nitrogens is 1. The number of nitrogens with one attached hydrogen (secondary N) is 1. The molecule has 0 spiro atoms. The van der Waals surface area contributed by atoms with Crippen molar-refractivity contribution in [3.63, 3.8) is 0 Å². The van der Waals surface area contributed by atoms with E-state index in [2.05, 4.69) is 17.2 Å². The molecule has 0 bridgehead atoms. The number of piperidine rings is 1. The highest BCUT2D eigenvalue weighted by Gasteiger charge is 2.27.